The van der Waals surface area contributed by atoms with Crippen molar-refractivity contribution in [1.29, 1.82) is 5.26 Å². The fourth-order valence-electron chi connectivity index (χ4n) is 2.35. The minimum atomic E-state index is -0.561. The Balaban J connectivity index is 2.26. The zero-order valence-electron chi connectivity index (χ0n) is 12.4. The first-order valence-electron chi connectivity index (χ1n) is 6.83. The van der Waals surface area contributed by atoms with Gasteiger partial charge in [0.15, 0.2) is 11.6 Å². The highest BCUT2D eigenvalue weighted by molar-refractivity contribution is 6.39. The van der Waals surface area contributed by atoms with Gasteiger partial charge in [-0.3, -0.25) is 0 Å². The van der Waals surface area contributed by atoms with Crippen molar-refractivity contribution >= 4 is 45.5 Å². The van der Waals surface area contributed by atoms with Gasteiger partial charge in [0.05, 0.1) is 28.5 Å². The molecule has 120 valence electrons. The van der Waals surface area contributed by atoms with Gasteiger partial charge in [0, 0.05) is 5.39 Å². The third-order valence-corrected chi connectivity index (χ3v) is 4.06. The van der Waals surface area contributed by atoms with E-state index in [4.69, 9.17) is 27.9 Å². The largest absolute Gasteiger partial charge is 0.491 e. The van der Waals surface area contributed by atoms with Gasteiger partial charge in [-0.25, -0.2) is 9.37 Å². The molecule has 0 aliphatic carbocycles. The van der Waals surface area contributed by atoms with E-state index in [1.165, 1.54) is 13.2 Å². The molecule has 2 aromatic carbocycles. The van der Waals surface area contributed by atoms with Gasteiger partial charge in [0.2, 0.25) is 0 Å². The molecule has 1 heterocycles. The fourth-order valence-corrected chi connectivity index (χ4v) is 2.84. The van der Waals surface area contributed by atoms with Gasteiger partial charge in [-0.2, -0.15) is 5.26 Å². The first-order chi connectivity index (χ1) is 11.5. The van der Waals surface area contributed by atoms with Gasteiger partial charge < -0.3 is 10.1 Å². The van der Waals surface area contributed by atoms with Crippen molar-refractivity contribution in [2.75, 3.05) is 12.4 Å². The van der Waals surface area contributed by atoms with E-state index in [2.05, 4.69) is 10.3 Å². The van der Waals surface area contributed by atoms with Crippen LogP contribution in [-0.2, 0) is 0 Å². The molecule has 0 atom stereocenters. The second-order valence-corrected chi connectivity index (χ2v) is 5.68. The van der Waals surface area contributed by atoms with Gasteiger partial charge in [0.25, 0.3) is 0 Å². The van der Waals surface area contributed by atoms with Crippen LogP contribution in [0.5, 0.6) is 5.75 Å². The van der Waals surface area contributed by atoms with Gasteiger partial charge in [-0.05, 0) is 30.3 Å². The lowest BCUT2D eigenvalue weighted by molar-refractivity contribution is 0.391. The molecule has 0 bridgehead atoms. The molecule has 0 fully saturated rings. The molecule has 0 saturated heterocycles. The number of benzene rings is 2. The molecule has 0 aliphatic rings. The van der Waals surface area contributed by atoms with Crippen LogP contribution in [0, 0.1) is 17.1 Å². The van der Waals surface area contributed by atoms with Gasteiger partial charge in [-0.1, -0.05) is 29.3 Å². The predicted molar refractivity (Wildman–Crippen MR) is 92.7 cm³/mol. The number of methoxy groups -OCH3 is 1. The normalized spacial score (nSPS) is 10.5. The summed E-state index contributed by atoms with van der Waals surface area (Å²) >= 11 is 12.4. The van der Waals surface area contributed by atoms with Crippen LogP contribution < -0.4 is 10.1 Å². The van der Waals surface area contributed by atoms with Crippen molar-refractivity contribution in [3.63, 3.8) is 0 Å². The van der Waals surface area contributed by atoms with Crippen molar-refractivity contribution in [2.45, 2.75) is 0 Å². The summed E-state index contributed by atoms with van der Waals surface area (Å²) in [4.78, 5) is 4.14. The van der Waals surface area contributed by atoms with Crippen LogP contribution in [0.25, 0.3) is 10.9 Å². The van der Waals surface area contributed by atoms with Crippen LogP contribution in [0.1, 0.15) is 5.69 Å². The van der Waals surface area contributed by atoms with Crippen LogP contribution in [0.15, 0.2) is 36.4 Å². The molecule has 7 heteroatoms. The smallest absolute Gasteiger partial charge is 0.180 e. The summed E-state index contributed by atoms with van der Waals surface area (Å²) in [6.07, 6.45) is 0. The summed E-state index contributed by atoms with van der Waals surface area (Å²) in [5.41, 5.74) is 1.35. The van der Waals surface area contributed by atoms with E-state index in [1.54, 1.807) is 30.3 Å². The van der Waals surface area contributed by atoms with Crippen molar-refractivity contribution < 1.29 is 9.13 Å². The summed E-state index contributed by atoms with van der Waals surface area (Å²) < 4.78 is 19.0. The van der Waals surface area contributed by atoms with Gasteiger partial charge in [0.1, 0.15) is 17.3 Å². The Morgan fingerprint density at radius 2 is 1.92 bits per heavy atom. The number of para-hydroxylation sites is 1. The SMILES string of the molecule is COc1c(F)ccc2c(Nc3c(Cl)cccc3Cl)cc(C#N)nc12. The minimum Gasteiger partial charge on any atom is -0.491 e. The molecule has 0 saturated carbocycles. The van der Waals surface area contributed by atoms with E-state index in [1.807, 2.05) is 6.07 Å². The Morgan fingerprint density at radius 3 is 2.54 bits per heavy atom. The number of aromatic nitrogens is 1. The van der Waals surface area contributed by atoms with E-state index in [9.17, 15) is 9.65 Å². The number of hydrogen-bond donors (Lipinski definition) is 1. The summed E-state index contributed by atoms with van der Waals surface area (Å²) in [5, 5.41) is 13.7. The van der Waals surface area contributed by atoms with Crippen LogP contribution in [0.4, 0.5) is 15.8 Å². The van der Waals surface area contributed by atoms with E-state index in [0.717, 1.165) is 0 Å². The molecular formula is C17H10Cl2FN3O. The third kappa shape index (κ3) is 2.82. The maximum absolute atomic E-state index is 13.9. The molecule has 0 amide bonds. The van der Waals surface area contributed by atoms with Crippen LogP contribution in [0.3, 0.4) is 0 Å². The lowest BCUT2D eigenvalue weighted by Crippen LogP contribution is -1.99. The van der Waals surface area contributed by atoms with E-state index < -0.39 is 5.82 Å². The molecule has 0 radical (unpaired) electrons. The zero-order chi connectivity index (χ0) is 17.3. The number of nitrogens with one attached hydrogen (secondary N) is 1. The number of hydrogen-bond acceptors (Lipinski definition) is 4. The highest BCUT2D eigenvalue weighted by Crippen LogP contribution is 2.37. The summed E-state index contributed by atoms with van der Waals surface area (Å²) in [7, 11) is 1.34. The van der Waals surface area contributed by atoms with E-state index in [0.29, 0.717) is 26.8 Å². The standard InChI is InChI=1S/C17H10Cl2FN3O/c1-24-17-13(20)6-5-10-14(7-9(8-21)22-15(10)17)23-16-11(18)3-2-4-12(16)19/h2-7H,1H3,(H,22,23). The quantitative estimate of drug-likeness (QED) is 0.687. The van der Waals surface area contributed by atoms with Crippen molar-refractivity contribution in [1.82, 2.24) is 4.98 Å². The molecule has 1 N–H and O–H groups in total. The Bertz CT molecular complexity index is 965. The molecule has 0 spiro atoms. The third-order valence-electron chi connectivity index (χ3n) is 3.43. The maximum Gasteiger partial charge on any atom is 0.180 e. The second kappa shape index (κ2) is 6.52. The first-order valence-corrected chi connectivity index (χ1v) is 7.59. The van der Waals surface area contributed by atoms with Gasteiger partial charge in [-0.15, -0.1) is 0 Å². The number of pyridine rings is 1. The van der Waals surface area contributed by atoms with Crippen LogP contribution in [0.2, 0.25) is 10.0 Å². The van der Waals surface area contributed by atoms with Crippen molar-refractivity contribution in [2.24, 2.45) is 0 Å². The van der Waals surface area contributed by atoms with E-state index >= 15 is 0 Å². The Kier molecular flexibility index (Phi) is 4.43. The molecule has 3 aromatic rings. The summed E-state index contributed by atoms with van der Waals surface area (Å²) in [5.74, 6) is -0.591. The monoisotopic (exact) mass is 361 g/mol. The second-order valence-electron chi connectivity index (χ2n) is 4.87. The summed E-state index contributed by atoms with van der Waals surface area (Å²) in [6.45, 7) is 0. The van der Waals surface area contributed by atoms with E-state index in [-0.39, 0.29) is 17.0 Å². The maximum atomic E-state index is 13.9. The fraction of sp³-hybridized carbons (Fsp3) is 0.0588. The molecule has 0 unspecified atom stereocenters. The molecule has 1 aromatic heterocycles. The van der Waals surface area contributed by atoms with Crippen molar-refractivity contribution in [3.8, 4) is 11.8 Å². The lowest BCUT2D eigenvalue weighted by atomic mass is 10.1. The lowest BCUT2D eigenvalue weighted by Gasteiger charge is -2.14. The molecule has 24 heavy (non-hydrogen) atoms. The van der Waals surface area contributed by atoms with Crippen LogP contribution in [-0.4, -0.2) is 12.1 Å². The predicted octanol–water partition coefficient (Wildman–Crippen LogP) is 5.30. The molecule has 4 nitrogen and oxygen atoms in total. The number of nitrogens with zero attached hydrogens (tertiary/aromatic N) is 2. The number of anilines is 2. The number of fused-ring (bicyclic) bond motifs is 1. The number of ether oxygens (including phenoxy) is 1. The van der Waals surface area contributed by atoms with Crippen LogP contribution >= 0.6 is 23.2 Å². The topological polar surface area (TPSA) is 57.9 Å². The number of rotatable bonds is 3. The molecule has 0 aliphatic heterocycles. The minimum absolute atomic E-state index is 0.0297. The zero-order valence-corrected chi connectivity index (χ0v) is 13.9. The Labute approximate surface area is 147 Å². The molecular weight excluding hydrogens is 352 g/mol. The van der Waals surface area contributed by atoms with Gasteiger partial charge >= 0.3 is 0 Å². The molecule has 3 rings (SSSR count). The average molecular weight is 362 g/mol. The Hall–Kier alpha value is -2.55. The number of nitriles is 1. The van der Waals surface area contributed by atoms with Crippen molar-refractivity contribution in [3.05, 3.63) is 58.0 Å². The average Bonchev–Trinajstić information content (AvgIpc) is 2.57. The Morgan fingerprint density at radius 1 is 1.21 bits per heavy atom. The highest BCUT2D eigenvalue weighted by Gasteiger charge is 2.15. The number of halogens is 3. The first kappa shape index (κ1) is 16.3. The highest BCUT2D eigenvalue weighted by atomic mass is 35.5. The summed E-state index contributed by atoms with van der Waals surface area (Å²) in [6, 6.07) is 11.4.